The highest BCUT2D eigenvalue weighted by molar-refractivity contribution is 5.35. The molecule has 0 bridgehead atoms. The van der Waals surface area contributed by atoms with Gasteiger partial charge in [0.1, 0.15) is 0 Å². The van der Waals surface area contributed by atoms with Crippen LogP contribution in [0.2, 0.25) is 0 Å². The van der Waals surface area contributed by atoms with E-state index in [1.54, 1.807) is 0 Å². The molecule has 0 heterocycles. The van der Waals surface area contributed by atoms with E-state index in [2.05, 4.69) is 43.3 Å². The molecule has 2 rings (SSSR count). The van der Waals surface area contributed by atoms with Crippen molar-refractivity contribution < 1.29 is 0 Å². The Morgan fingerprint density at radius 1 is 1.36 bits per heavy atom. The Labute approximate surface area is 67.6 Å². The van der Waals surface area contributed by atoms with Crippen LogP contribution in [0.15, 0.2) is 30.3 Å². The first-order chi connectivity index (χ1) is 5.38. The van der Waals surface area contributed by atoms with Crippen LogP contribution in [-0.4, -0.2) is 0 Å². The van der Waals surface area contributed by atoms with Crippen LogP contribution < -0.4 is 0 Å². The Balaban J connectivity index is 2.50. The molecule has 1 aromatic rings. The number of fused-ring (bicyclic) bond motifs is 1. The number of benzene rings is 1. The van der Waals surface area contributed by atoms with Crippen LogP contribution in [-0.2, 0) is 6.42 Å². The number of hydrogen-bond acceptors (Lipinski definition) is 0. The zero-order valence-electron chi connectivity index (χ0n) is 6.67. The van der Waals surface area contributed by atoms with Crippen molar-refractivity contribution in [1.82, 2.24) is 0 Å². The highest BCUT2D eigenvalue weighted by Gasteiger charge is 2.09. The molecule has 0 heteroatoms. The van der Waals surface area contributed by atoms with Crippen LogP contribution in [0.5, 0.6) is 0 Å². The lowest BCUT2D eigenvalue weighted by atomic mass is 9.89. The van der Waals surface area contributed by atoms with Gasteiger partial charge in [-0.05, 0) is 23.6 Å². The molecule has 0 aromatic heterocycles. The van der Waals surface area contributed by atoms with Crippen molar-refractivity contribution in [1.29, 1.82) is 0 Å². The van der Waals surface area contributed by atoms with Crippen LogP contribution in [0.1, 0.15) is 24.0 Å². The fourth-order valence-corrected chi connectivity index (χ4v) is 1.58. The van der Waals surface area contributed by atoms with Crippen LogP contribution in [0, 0.1) is 6.08 Å². The van der Waals surface area contributed by atoms with E-state index in [1.165, 1.54) is 11.1 Å². The van der Waals surface area contributed by atoms with Crippen molar-refractivity contribution >= 4 is 0 Å². The predicted octanol–water partition coefficient (Wildman–Crippen LogP) is 2.71. The Kier molecular flexibility index (Phi) is 1.54. The molecule has 11 heavy (non-hydrogen) atoms. The van der Waals surface area contributed by atoms with Crippen LogP contribution in [0.3, 0.4) is 0 Å². The summed E-state index contributed by atoms with van der Waals surface area (Å²) in [5.41, 5.74) is 2.90. The van der Waals surface area contributed by atoms with Gasteiger partial charge in [0.2, 0.25) is 0 Å². The van der Waals surface area contributed by atoms with E-state index in [9.17, 15) is 0 Å². The summed E-state index contributed by atoms with van der Waals surface area (Å²) >= 11 is 0. The molecule has 1 radical (unpaired) electrons. The highest BCUT2D eigenvalue weighted by atomic mass is 14.1. The number of rotatable bonds is 0. The van der Waals surface area contributed by atoms with Gasteiger partial charge in [0, 0.05) is 5.92 Å². The Bertz CT molecular complexity index is 284. The summed E-state index contributed by atoms with van der Waals surface area (Å²) in [6.07, 6.45) is 6.50. The molecule has 55 valence electrons. The Morgan fingerprint density at radius 3 is 3.00 bits per heavy atom. The topological polar surface area (TPSA) is 0 Å². The molecule has 0 saturated heterocycles. The maximum Gasteiger partial charge on any atom is 0.00636 e. The second kappa shape index (κ2) is 2.54. The van der Waals surface area contributed by atoms with Crippen LogP contribution >= 0.6 is 0 Å². The fraction of sp³-hybridized carbons (Fsp3) is 0.273. The standard InChI is InChI=1S/C11H11/c1-9-5-4-7-10-6-2-3-8-11(9)10/h2-4,6,8-9H,7H2,1H3/t9-/m0/s1. The lowest BCUT2D eigenvalue weighted by molar-refractivity contribution is 0.882. The minimum absolute atomic E-state index is 0.486. The van der Waals surface area contributed by atoms with Gasteiger partial charge in [-0.2, -0.15) is 0 Å². The molecule has 1 atom stereocenters. The summed E-state index contributed by atoms with van der Waals surface area (Å²) in [6, 6.07) is 8.59. The fourth-order valence-electron chi connectivity index (χ4n) is 1.58. The summed E-state index contributed by atoms with van der Waals surface area (Å²) < 4.78 is 0. The van der Waals surface area contributed by atoms with E-state index in [1.807, 2.05) is 0 Å². The number of hydrogen-bond donors (Lipinski definition) is 0. The van der Waals surface area contributed by atoms with E-state index >= 15 is 0 Å². The van der Waals surface area contributed by atoms with E-state index in [0.717, 1.165) is 6.42 Å². The Hall–Kier alpha value is -1.04. The molecule has 0 saturated carbocycles. The average Bonchev–Trinajstić information content (AvgIpc) is 2.06. The minimum Gasteiger partial charge on any atom is -0.0760 e. The zero-order chi connectivity index (χ0) is 7.68. The molecule has 1 aliphatic rings. The van der Waals surface area contributed by atoms with Gasteiger partial charge in [-0.3, -0.25) is 0 Å². The summed E-state index contributed by atoms with van der Waals surface area (Å²) in [4.78, 5) is 0. The second-order valence-corrected chi connectivity index (χ2v) is 3.00. The largest absolute Gasteiger partial charge is 0.0760 e. The van der Waals surface area contributed by atoms with Gasteiger partial charge in [0.25, 0.3) is 0 Å². The van der Waals surface area contributed by atoms with Gasteiger partial charge in [0.15, 0.2) is 0 Å². The Morgan fingerprint density at radius 2 is 2.18 bits per heavy atom. The molecule has 0 N–H and O–H groups in total. The van der Waals surface area contributed by atoms with Gasteiger partial charge in [0.05, 0.1) is 0 Å². The maximum atomic E-state index is 3.31. The third kappa shape index (κ3) is 1.09. The first-order valence-electron chi connectivity index (χ1n) is 4.03. The molecule has 0 nitrogen and oxygen atoms in total. The molecule has 1 aromatic carbocycles. The lowest BCUT2D eigenvalue weighted by Gasteiger charge is -2.15. The normalized spacial score (nSPS) is 21.4. The van der Waals surface area contributed by atoms with E-state index in [0.29, 0.717) is 5.92 Å². The van der Waals surface area contributed by atoms with Crippen molar-refractivity contribution in [3.05, 3.63) is 47.5 Å². The first-order valence-corrected chi connectivity index (χ1v) is 4.03. The quantitative estimate of drug-likeness (QED) is 0.524. The second-order valence-electron chi connectivity index (χ2n) is 3.00. The molecule has 0 unspecified atom stereocenters. The molecule has 0 amide bonds. The summed E-state index contributed by atoms with van der Waals surface area (Å²) in [5, 5.41) is 0. The molecule has 0 fully saturated rings. The molecule has 1 aliphatic carbocycles. The maximum absolute atomic E-state index is 3.31. The van der Waals surface area contributed by atoms with Gasteiger partial charge in [-0.1, -0.05) is 37.3 Å². The first kappa shape index (κ1) is 6.66. The van der Waals surface area contributed by atoms with Crippen molar-refractivity contribution in [3.8, 4) is 0 Å². The van der Waals surface area contributed by atoms with Crippen molar-refractivity contribution in [3.63, 3.8) is 0 Å². The smallest absolute Gasteiger partial charge is 0.00636 e. The zero-order valence-corrected chi connectivity index (χ0v) is 6.67. The van der Waals surface area contributed by atoms with Gasteiger partial charge in [-0.15, -0.1) is 0 Å². The monoisotopic (exact) mass is 143 g/mol. The minimum atomic E-state index is 0.486. The van der Waals surface area contributed by atoms with Crippen LogP contribution in [0.4, 0.5) is 0 Å². The number of allylic oxidation sites excluding steroid dienone is 2. The SMILES string of the molecule is C[C@H]1[C]=CCc2ccccc21. The van der Waals surface area contributed by atoms with E-state index < -0.39 is 0 Å². The van der Waals surface area contributed by atoms with E-state index in [4.69, 9.17) is 0 Å². The predicted molar refractivity (Wildman–Crippen MR) is 46.4 cm³/mol. The summed E-state index contributed by atoms with van der Waals surface area (Å²) in [6.45, 7) is 2.19. The third-order valence-corrected chi connectivity index (χ3v) is 2.21. The summed E-state index contributed by atoms with van der Waals surface area (Å²) in [7, 11) is 0. The van der Waals surface area contributed by atoms with Crippen molar-refractivity contribution in [2.45, 2.75) is 19.3 Å². The molecular formula is C11H11. The lowest BCUT2D eigenvalue weighted by Crippen LogP contribution is -2.01. The molecule has 0 aliphatic heterocycles. The van der Waals surface area contributed by atoms with Crippen molar-refractivity contribution in [2.24, 2.45) is 0 Å². The van der Waals surface area contributed by atoms with Gasteiger partial charge in [-0.25, -0.2) is 0 Å². The van der Waals surface area contributed by atoms with E-state index in [-0.39, 0.29) is 0 Å². The van der Waals surface area contributed by atoms with Crippen molar-refractivity contribution in [2.75, 3.05) is 0 Å². The van der Waals surface area contributed by atoms with Gasteiger partial charge >= 0.3 is 0 Å². The average molecular weight is 143 g/mol. The van der Waals surface area contributed by atoms with Crippen LogP contribution in [0.25, 0.3) is 0 Å². The molecule has 0 spiro atoms. The highest BCUT2D eigenvalue weighted by Crippen LogP contribution is 2.24. The van der Waals surface area contributed by atoms with Gasteiger partial charge < -0.3 is 0 Å². The molecular weight excluding hydrogens is 132 g/mol. The summed E-state index contributed by atoms with van der Waals surface area (Å²) in [5.74, 6) is 0.486. The third-order valence-electron chi connectivity index (χ3n) is 2.21.